The van der Waals surface area contributed by atoms with E-state index in [9.17, 15) is 4.79 Å². The Balaban J connectivity index is 0. The molecule has 0 aliphatic rings. The summed E-state index contributed by atoms with van der Waals surface area (Å²) in [6.45, 7) is 1.60. The molecule has 7 heavy (non-hydrogen) atoms. The standard InChI is InChI=1S/C3H6O2.CH3.Pd/c1-2-3(4)5;;/h2H2,1H3,(H,4,5);1H3;. The Bertz CT molecular complexity index is 45.0. The molecule has 0 aromatic carbocycles. The summed E-state index contributed by atoms with van der Waals surface area (Å²) in [4.78, 5) is 9.37. The Hall–Kier alpha value is 0.132. The molecule has 0 fully saturated rings. The second-order valence-corrected chi connectivity index (χ2v) is 0.747. The van der Waals surface area contributed by atoms with Gasteiger partial charge < -0.3 is 5.11 Å². The van der Waals surface area contributed by atoms with Crippen molar-refractivity contribution in [2.24, 2.45) is 0 Å². The molecule has 0 spiro atoms. The third-order valence-corrected chi connectivity index (χ3v) is 0.302. The van der Waals surface area contributed by atoms with Gasteiger partial charge >= 0.3 is 30.6 Å². The van der Waals surface area contributed by atoms with E-state index in [0.717, 1.165) is 0 Å². The van der Waals surface area contributed by atoms with Gasteiger partial charge in [0, 0.05) is 6.42 Å². The molecule has 0 amide bonds. The molecule has 0 heterocycles. The van der Waals surface area contributed by atoms with E-state index >= 15 is 0 Å². The van der Waals surface area contributed by atoms with Gasteiger partial charge in [-0.3, -0.25) is 4.79 Å². The zero-order chi connectivity index (χ0) is 6.28. The van der Waals surface area contributed by atoms with E-state index in [-0.39, 0.29) is 6.42 Å². The molecule has 1 N–H and O–H groups in total. The third-order valence-electron chi connectivity index (χ3n) is 0.302. The van der Waals surface area contributed by atoms with Crippen molar-refractivity contribution in [2.75, 3.05) is 0 Å². The van der Waals surface area contributed by atoms with Crippen LogP contribution in [0.1, 0.15) is 13.3 Å². The quantitative estimate of drug-likeness (QED) is 0.636. The molecule has 2 nitrogen and oxygen atoms in total. The zero-order valence-corrected chi connectivity index (χ0v) is 5.93. The van der Waals surface area contributed by atoms with E-state index in [1.54, 1.807) is 6.92 Å². The molecule has 0 saturated carbocycles. The number of aliphatic carboxylic acids is 1. The zero-order valence-electron chi connectivity index (χ0n) is 4.38. The van der Waals surface area contributed by atoms with Crippen molar-refractivity contribution in [2.45, 2.75) is 18.7 Å². The van der Waals surface area contributed by atoms with E-state index in [0.29, 0.717) is 0 Å². The number of carboxylic acids is 1. The Morgan fingerprint density at radius 3 is 1.86 bits per heavy atom. The molecule has 0 radical (unpaired) electrons. The van der Waals surface area contributed by atoms with Gasteiger partial charge in [-0.25, -0.2) is 0 Å². The normalized spacial score (nSPS) is 6.29. The van der Waals surface area contributed by atoms with Gasteiger partial charge in [-0.15, -0.1) is 0 Å². The fraction of sp³-hybridized carbons (Fsp3) is 0.750. The van der Waals surface area contributed by atoms with Gasteiger partial charge in [0.15, 0.2) is 0 Å². The summed E-state index contributed by atoms with van der Waals surface area (Å²) in [6.07, 6.45) is 0.222. The molecule has 0 aromatic heterocycles. The molecule has 0 saturated heterocycles. The molecule has 0 aliphatic carbocycles. The summed E-state index contributed by atoms with van der Waals surface area (Å²) >= 11 is 2.75. The first kappa shape index (κ1) is 10.2. The van der Waals surface area contributed by atoms with Crippen LogP contribution in [0, 0.1) is 0 Å². The van der Waals surface area contributed by atoms with Crippen LogP contribution in [0.2, 0.25) is 5.40 Å². The van der Waals surface area contributed by atoms with Crippen molar-refractivity contribution >= 4 is 5.97 Å². The van der Waals surface area contributed by atoms with Crippen molar-refractivity contribution in [1.82, 2.24) is 0 Å². The second-order valence-electron chi connectivity index (χ2n) is 0.747. The van der Waals surface area contributed by atoms with Gasteiger partial charge in [0.25, 0.3) is 0 Å². The van der Waals surface area contributed by atoms with Crippen molar-refractivity contribution in [1.29, 1.82) is 0 Å². The Kier molecular flexibility index (Phi) is 13.8. The van der Waals surface area contributed by atoms with E-state index in [4.69, 9.17) is 5.11 Å². The maximum atomic E-state index is 9.37. The van der Waals surface area contributed by atoms with E-state index in [2.05, 4.69) is 19.2 Å². The van der Waals surface area contributed by atoms with Crippen LogP contribution < -0.4 is 0 Å². The average Bonchev–Trinajstić information content (AvgIpc) is 1.73. The van der Waals surface area contributed by atoms with Gasteiger partial charge in [-0.2, -0.15) is 0 Å². The summed E-state index contributed by atoms with van der Waals surface area (Å²) in [7, 11) is 0. The van der Waals surface area contributed by atoms with E-state index < -0.39 is 5.97 Å². The second kappa shape index (κ2) is 9.46. The predicted octanol–water partition coefficient (Wildman–Crippen LogP) is 1.06. The van der Waals surface area contributed by atoms with Crippen molar-refractivity contribution < 1.29 is 29.1 Å². The van der Waals surface area contributed by atoms with E-state index in [1.807, 2.05) is 5.40 Å². The topological polar surface area (TPSA) is 37.3 Å². The Labute approximate surface area is 54.3 Å². The van der Waals surface area contributed by atoms with Crippen LogP contribution in [0.3, 0.4) is 0 Å². The van der Waals surface area contributed by atoms with Crippen LogP contribution in [-0.4, -0.2) is 11.1 Å². The van der Waals surface area contributed by atoms with E-state index in [1.165, 1.54) is 0 Å². The number of hydrogen-bond acceptors (Lipinski definition) is 1. The maximum absolute atomic E-state index is 9.37. The molecular formula is C4H9O2Pd. The average molecular weight is 196 g/mol. The molecule has 3 heteroatoms. The first-order valence-electron chi connectivity index (χ1n) is 1.80. The predicted molar refractivity (Wildman–Crippen MR) is 23.8 cm³/mol. The fourth-order valence-corrected chi connectivity index (χ4v) is 0. The molecule has 47 valence electrons. The van der Waals surface area contributed by atoms with Gasteiger partial charge in [0.2, 0.25) is 0 Å². The number of rotatable bonds is 1. The van der Waals surface area contributed by atoms with Crippen molar-refractivity contribution in [3.8, 4) is 0 Å². The Morgan fingerprint density at radius 2 is 1.86 bits per heavy atom. The fourth-order valence-electron chi connectivity index (χ4n) is 0. The van der Waals surface area contributed by atoms with Gasteiger partial charge in [-0.1, -0.05) is 6.92 Å². The van der Waals surface area contributed by atoms with Crippen LogP contribution in [0.25, 0.3) is 0 Å². The summed E-state index contributed by atoms with van der Waals surface area (Å²) in [5, 5.41) is 9.57. The van der Waals surface area contributed by atoms with Gasteiger partial charge in [0.05, 0.1) is 0 Å². The summed E-state index contributed by atoms with van der Waals surface area (Å²) in [5.41, 5.74) is 0. The van der Waals surface area contributed by atoms with Gasteiger partial charge in [-0.05, 0) is 0 Å². The molecule has 0 bridgehead atoms. The van der Waals surface area contributed by atoms with Crippen molar-refractivity contribution in [3.05, 3.63) is 0 Å². The van der Waals surface area contributed by atoms with Crippen molar-refractivity contribution in [3.63, 3.8) is 0 Å². The first-order valence-corrected chi connectivity index (χ1v) is 3.36. The molecule has 0 aromatic rings. The monoisotopic (exact) mass is 195 g/mol. The summed E-state index contributed by atoms with van der Waals surface area (Å²) < 4.78 is 0. The van der Waals surface area contributed by atoms with Crippen LogP contribution in [-0.2, 0) is 24.0 Å². The number of hydrogen-bond donors (Lipinski definition) is 1. The summed E-state index contributed by atoms with van der Waals surface area (Å²) in [6, 6.07) is 0. The van der Waals surface area contributed by atoms with Crippen LogP contribution in [0.4, 0.5) is 0 Å². The molecular weight excluding hydrogens is 186 g/mol. The number of carbonyl (C=O) groups is 1. The molecule has 0 aliphatic heterocycles. The molecule has 0 atom stereocenters. The molecule has 0 unspecified atom stereocenters. The van der Waals surface area contributed by atoms with Crippen LogP contribution in [0.5, 0.6) is 0 Å². The minimum atomic E-state index is -0.745. The SMILES string of the molecule is CCC(=O)O.[CH3][Pd]. The third kappa shape index (κ3) is 23.0. The van der Waals surface area contributed by atoms with Crippen LogP contribution in [0.15, 0.2) is 0 Å². The molecule has 0 rings (SSSR count). The Morgan fingerprint density at radius 1 is 1.71 bits per heavy atom. The van der Waals surface area contributed by atoms with Gasteiger partial charge in [0.1, 0.15) is 0 Å². The summed E-state index contributed by atoms with van der Waals surface area (Å²) in [5.74, 6) is -0.745. The number of carboxylic acid groups (broad SMARTS) is 1. The first-order chi connectivity index (χ1) is 3.27. The van der Waals surface area contributed by atoms with Crippen LogP contribution >= 0.6 is 0 Å². The minimum absolute atomic E-state index is 0.222.